The van der Waals surface area contributed by atoms with Crippen LogP contribution in [0.1, 0.15) is 37.8 Å². The molecule has 0 aliphatic carbocycles. The number of unbranched alkanes of at least 4 members (excludes halogenated alkanes) is 1. The van der Waals surface area contributed by atoms with Gasteiger partial charge in [-0.2, -0.15) is 0 Å². The van der Waals surface area contributed by atoms with Gasteiger partial charge in [0.15, 0.2) is 0 Å². The predicted molar refractivity (Wildman–Crippen MR) is 70.3 cm³/mol. The fourth-order valence-corrected chi connectivity index (χ4v) is 2.18. The van der Waals surface area contributed by atoms with E-state index in [1.807, 2.05) is 18.2 Å². The van der Waals surface area contributed by atoms with Crippen LogP contribution < -0.4 is 16.0 Å². The first-order valence-corrected chi connectivity index (χ1v) is 6.31. The Balaban J connectivity index is 2.89. The van der Waals surface area contributed by atoms with Crippen LogP contribution in [-0.4, -0.2) is 7.11 Å². The normalized spacial score (nSPS) is 12.5. The highest BCUT2D eigenvalue weighted by atomic mass is 79.9. The third-order valence-electron chi connectivity index (χ3n) is 2.63. The van der Waals surface area contributed by atoms with Gasteiger partial charge in [-0.25, -0.2) is 0 Å². The molecule has 0 heterocycles. The first-order valence-electron chi connectivity index (χ1n) is 5.52. The fraction of sp³-hybridized carbons (Fsp3) is 0.500. The maximum atomic E-state index is 5.59. The standard InChI is InChI=1S/C12H19BrN2O/c1-3-4-5-12(15-14)10-8-9(16-2)6-7-11(10)13/h6-8,12,15H,3-5,14H2,1-2H3. The molecule has 1 aromatic rings. The molecule has 0 saturated carbocycles. The van der Waals surface area contributed by atoms with E-state index in [4.69, 9.17) is 10.6 Å². The van der Waals surface area contributed by atoms with Crippen molar-refractivity contribution in [3.8, 4) is 5.75 Å². The number of hydrogen-bond acceptors (Lipinski definition) is 3. The van der Waals surface area contributed by atoms with Crippen LogP contribution in [0.3, 0.4) is 0 Å². The second-order valence-electron chi connectivity index (χ2n) is 3.75. The average molecular weight is 287 g/mol. The Bertz CT molecular complexity index is 331. The molecule has 0 amide bonds. The summed E-state index contributed by atoms with van der Waals surface area (Å²) < 4.78 is 6.28. The highest BCUT2D eigenvalue weighted by Crippen LogP contribution is 2.29. The Hall–Kier alpha value is -0.580. The fourth-order valence-electron chi connectivity index (χ4n) is 1.65. The summed E-state index contributed by atoms with van der Waals surface area (Å²) >= 11 is 3.54. The molecule has 0 aromatic heterocycles. The van der Waals surface area contributed by atoms with Crippen LogP contribution in [0.5, 0.6) is 5.75 Å². The topological polar surface area (TPSA) is 47.3 Å². The number of hydrogen-bond donors (Lipinski definition) is 2. The Morgan fingerprint density at radius 2 is 2.25 bits per heavy atom. The Kier molecular flexibility index (Phi) is 5.80. The molecule has 16 heavy (non-hydrogen) atoms. The minimum Gasteiger partial charge on any atom is -0.497 e. The number of rotatable bonds is 6. The zero-order valence-electron chi connectivity index (χ0n) is 9.79. The quantitative estimate of drug-likeness (QED) is 0.624. The highest BCUT2D eigenvalue weighted by molar-refractivity contribution is 9.10. The van der Waals surface area contributed by atoms with Crippen LogP contribution in [0.25, 0.3) is 0 Å². The van der Waals surface area contributed by atoms with Crippen molar-refractivity contribution in [3.05, 3.63) is 28.2 Å². The molecule has 3 N–H and O–H groups in total. The molecule has 1 atom stereocenters. The smallest absolute Gasteiger partial charge is 0.119 e. The van der Waals surface area contributed by atoms with Crippen LogP contribution in [0.15, 0.2) is 22.7 Å². The number of nitrogens with two attached hydrogens (primary N) is 1. The third-order valence-corrected chi connectivity index (χ3v) is 3.35. The van der Waals surface area contributed by atoms with Crippen LogP contribution in [-0.2, 0) is 0 Å². The Morgan fingerprint density at radius 3 is 2.81 bits per heavy atom. The summed E-state index contributed by atoms with van der Waals surface area (Å²) in [4.78, 5) is 0. The van der Waals surface area contributed by atoms with Crippen molar-refractivity contribution >= 4 is 15.9 Å². The number of halogens is 1. The van der Waals surface area contributed by atoms with Gasteiger partial charge in [-0.1, -0.05) is 35.7 Å². The lowest BCUT2D eigenvalue weighted by Crippen LogP contribution is -2.28. The first-order chi connectivity index (χ1) is 7.72. The molecule has 3 nitrogen and oxygen atoms in total. The van der Waals surface area contributed by atoms with Gasteiger partial charge in [-0.3, -0.25) is 11.3 Å². The van der Waals surface area contributed by atoms with E-state index < -0.39 is 0 Å². The van der Waals surface area contributed by atoms with Crippen LogP contribution in [0.4, 0.5) is 0 Å². The lowest BCUT2D eigenvalue weighted by molar-refractivity contribution is 0.411. The molecule has 1 unspecified atom stereocenters. The molecule has 0 spiro atoms. The molecular weight excluding hydrogens is 268 g/mol. The third kappa shape index (κ3) is 3.47. The van der Waals surface area contributed by atoms with Crippen molar-refractivity contribution in [2.75, 3.05) is 7.11 Å². The van der Waals surface area contributed by atoms with Crippen LogP contribution in [0, 0.1) is 0 Å². The van der Waals surface area contributed by atoms with Crippen molar-refractivity contribution in [1.82, 2.24) is 5.43 Å². The van der Waals surface area contributed by atoms with Crippen LogP contribution >= 0.6 is 15.9 Å². The number of hydrazine groups is 1. The molecule has 0 aliphatic rings. The summed E-state index contributed by atoms with van der Waals surface area (Å²) in [5.74, 6) is 6.45. The second-order valence-corrected chi connectivity index (χ2v) is 4.60. The van der Waals surface area contributed by atoms with Gasteiger partial charge in [-0.05, 0) is 30.2 Å². The largest absolute Gasteiger partial charge is 0.497 e. The summed E-state index contributed by atoms with van der Waals surface area (Å²) in [5, 5.41) is 0. The van der Waals surface area contributed by atoms with Crippen molar-refractivity contribution in [1.29, 1.82) is 0 Å². The summed E-state index contributed by atoms with van der Waals surface area (Å²) in [6.45, 7) is 2.17. The zero-order valence-corrected chi connectivity index (χ0v) is 11.4. The van der Waals surface area contributed by atoms with Crippen LogP contribution in [0.2, 0.25) is 0 Å². The maximum absolute atomic E-state index is 5.59. The van der Waals surface area contributed by atoms with Gasteiger partial charge in [0.1, 0.15) is 5.75 Å². The predicted octanol–water partition coefficient (Wildman–Crippen LogP) is 3.15. The van der Waals surface area contributed by atoms with E-state index >= 15 is 0 Å². The monoisotopic (exact) mass is 286 g/mol. The van der Waals surface area contributed by atoms with E-state index in [1.54, 1.807) is 7.11 Å². The van der Waals surface area contributed by atoms with Gasteiger partial charge in [0.2, 0.25) is 0 Å². The van der Waals surface area contributed by atoms with Gasteiger partial charge >= 0.3 is 0 Å². The molecule has 0 bridgehead atoms. The molecule has 90 valence electrons. The summed E-state index contributed by atoms with van der Waals surface area (Å²) in [7, 11) is 1.67. The number of methoxy groups -OCH3 is 1. The zero-order chi connectivity index (χ0) is 12.0. The first kappa shape index (κ1) is 13.5. The highest BCUT2D eigenvalue weighted by Gasteiger charge is 2.13. The molecular formula is C12H19BrN2O. The molecule has 1 aromatic carbocycles. The number of nitrogens with one attached hydrogen (secondary N) is 1. The van der Waals surface area contributed by atoms with E-state index in [9.17, 15) is 0 Å². The summed E-state index contributed by atoms with van der Waals surface area (Å²) in [5.41, 5.74) is 4.01. The Morgan fingerprint density at radius 1 is 1.50 bits per heavy atom. The molecule has 0 radical (unpaired) electrons. The number of benzene rings is 1. The van der Waals surface area contributed by atoms with E-state index in [2.05, 4.69) is 28.3 Å². The minimum atomic E-state index is 0.171. The average Bonchev–Trinajstić information content (AvgIpc) is 2.32. The van der Waals surface area contributed by atoms with Gasteiger partial charge in [0.05, 0.1) is 7.11 Å². The lowest BCUT2D eigenvalue weighted by atomic mass is 10.0. The molecule has 1 rings (SSSR count). The van der Waals surface area contributed by atoms with Gasteiger partial charge < -0.3 is 4.74 Å². The summed E-state index contributed by atoms with van der Waals surface area (Å²) in [6.07, 6.45) is 3.34. The van der Waals surface area contributed by atoms with Gasteiger partial charge in [-0.15, -0.1) is 0 Å². The van der Waals surface area contributed by atoms with Crippen molar-refractivity contribution in [2.45, 2.75) is 32.2 Å². The Labute approximate surface area is 105 Å². The molecule has 0 fully saturated rings. The lowest BCUT2D eigenvalue weighted by Gasteiger charge is -2.18. The second kappa shape index (κ2) is 6.89. The van der Waals surface area contributed by atoms with E-state index in [-0.39, 0.29) is 6.04 Å². The summed E-state index contributed by atoms with van der Waals surface area (Å²) in [6, 6.07) is 6.11. The molecule has 0 saturated heterocycles. The van der Waals surface area contributed by atoms with Gasteiger partial charge in [0.25, 0.3) is 0 Å². The van der Waals surface area contributed by atoms with Gasteiger partial charge in [0, 0.05) is 10.5 Å². The maximum Gasteiger partial charge on any atom is 0.119 e. The number of ether oxygens (including phenoxy) is 1. The molecule has 4 heteroatoms. The van der Waals surface area contributed by atoms with Crippen molar-refractivity contribution in [3.63, 3.8) is 0 Å². The van der Waals surface area contributed by atoms with E-state index in [0.717, 1.165) is 28.6 Å². The van der Waals surface area contributed by atoms with E-state index in [0.29, 0.717) is 0 Å². The SMILES string of the molecule is CCCCC(NN)c1cc(OC)ccc1Br. The van der Waals surface area contributed by atoms with Crippen molar-refractivity contribution < 1.29 is 4.74 Å². The minimum absolute atomic E-state index is 0.171. The van der Waals surface area contributed by atoms with E-state index in [1.165, 1.54) is 6.42 Å². The molecule has 0 aliphatic heterocycles. The van der Waals surface area contributed by atoms with Crippen molar-refractivity contribution in [2.24, 2.45) is 5.84 Å².